The molecule has 35 heavy (non-hydrogen) atoms. The first-order valence-corrected chi connectivity index (χ1v) is 13.4. The molecule has 1 unspecified atom stereocenters. The van der Waals surface area contributed by atoms with Gasteiger partial charge in [0.05, 0.1) is 27.8 Å². The van der Waals surface area contributed by atoms with Crippen LogP contribution in [0.4, 0.5) is 5.69 Å². The molecule has 2 saturated heterocycles. The molecule has 2 fully saturated rings. The lowest BCUT2D eigenvalue weighted by molar-refractivity contribution is -0.132. The highest BCUT2D eigenvalue weighted by atomic mass is 32.1. The number of fused-ring (bicyclic) bond motifs is 1. The van der Waals surface area contributed by atoms with E-state index >= 15 is 0 Å². The number of amides is 2. The Morgan fingerprint density at radius 1 is 0.971 bits per heavy atom. The van der Waals surface area contributed by atoms with E-state index in [1.54, 1.807) is 11.3 Å². The Morgan fingerprint density at radius 2 is 1.69 bits per heavy atom. The van der Waals surface area contributed by atoms with Crippen LogP contribution in [0.25, 0.3) is 10.2 Å². The number of nitrogens with one attached hydrogen (secondary N) is 1. The minimum absolute atomic E-state index is 0.00511. The van der Waals surface area contributed by atoms with E-state index in [9.17, 15) is 9.59 Å². The maximum Gasteiger partial charge on any atom is 0.241 e. The molecule has 7 nitrogen and oxygen atoms in total. The highest BCUT2D eigenvalue weighted by molar-refractivity contribution is 7.18. The number of rotatable bonds is 7. The molecule has 1 N–H and O–H groups in total. The average Bonchev–Trinajstić information content (AvgIpc) is 3.55. The van der Waals surface area contributed by atoms with Crippen LogP contribution in [0.15, 0.2) is 48.5 Å². The number of benzene rings is 2. The minimum atomic E-state index is -0.214. The van der Waals surface area contributed by atoms with E-state index in [1.165, 1.54) is 10.3 Å². The van der Waals surface area contributed by atoms with Gasteiger partial charge >= 0.3 is 0 Å². The maximum absolute atomic E-state index is 12.9. The van der Waals surface area contributed by atoms with Gasteiger partial charge in [-0.2, -0.15) is 0 Å². The van der Waals surface area contributed by atoms with Crippen molar-refractivity contribution in [2.75, 3.05) is 51.1 Å². The molecule has 2 aromatic carbocycles. The summed E-state index contributed by atoms with van der Waals surface area (Å²) in [5, 5.41) is 4.16. The molecule has 3 heterocycles. The van der Waals surface area contributed by atoms with E-state index in [0.717, 1.165) is 74.7 Å². The summed E-state index contributed by atoms with van der Waals surface area (Å²) >= 11 is 1.73. The molecule has 8 heteroatoms. The van der Waals surface area contributed by atoms with E-state index in [-0.39, 0.29) is 17.9 Å². The summed E-state index contributed by atoms with van der Waals surface area (Å²) in [6, 6.07) is 16.0. The van der Waals surface area contributed by atoms with Gasteiger partial charge in [-0.25, -0.2) is 4.98 Å². The third-order valence-electron chi connectivity index (χ3n) is 7.07. The fourth-order valence-corrected chi connectivity index (χ4v) is 5.86. The lowest BCUT2D eigenvalue weighted by atomic mass is 10.1. The molecule has 2 aliphatic heterocycles. The second-order valence-electron chi connectivity index (χ2n) is 9.51. The summed E-state index contributed by atoms with van der Waals surface area (Å²) in [5.74, 6) is 0.249. The SMILES string of the molecule is CC(C(=O)Nc1ccc(Cc2nc3ccccc3s2)cc1)N1CCN(CC(=O)N2CCCC2)CC1. The number of likely N-dealkylation sites (tertiary alicyclic amines) is 1. The molecule has 5 rings (SSSR count). The molecule has 0 radical (unpaired) electrons. The van der Waals surface area contributed by atoms with E-state index in [4.69, 9.17) is 4.98 Å². The van der Waals surface area contributed by atoms with Crippen molar-refractivity contribution in [3.8, 4) is 0 Å². The number of carbonyl (C=O) groups excluding carboxylic acids is 2. The van der Waals surface area contributed by atoms with Crippen molar-refractivity contribution >= 4 is 39.1 Å². The standard InChI is InChI=1S/C27H33N5O2S/c1-20(31-16-14-30(15-17-31)19-26(33)32-12-4-5-13-32)27(34)28-22-10-8-21(9-11-22)18-25-29-23-6-2-3-7-24(23)35-25/h2-3,6-11,20H,4-5,12-19H2,1H3,(H,28,34). The van der Waals surface area contributed by atoms with Gasteiger partial charge in [-0.05, 0) is 49.6 Å². The summed E-state index contributed by atoms with van der Waals surface area (Å²) in [5.41, 5.74) is 3.03. The molecule has 2 aliphatic rings. The third kappa shape index (κ3) is 5.89. The predicted molar refractivity (Wildman–Crippen MR) is 141 cm³/mol. The Kier molecular flexibility index (Phi) is 7.41. The van der Waals surface area contributed by atoms with Gasteiger partial charge in [0, 0.05) is 51.4 Å². The van der Waals surface area contributed by atoms with Gasteiger partial charge in [0.25, 0.3) is 0 Å². The largest absolute Gasteiger partial charge is 0.342 e. The summed E-state index contributed by atoms with van der Waals surface area (Å²) in [6.07, 6.45) is 3.03. The zero-order valence-electron chi connectivity index (χ0n) is 20.3. The number of anilines is 1. The zero-order chi connectivity index (χ0) is 24.2. The molecule has 184 valence electrons. The van der Waals surface area contributed by atoms with E-state index in [1.807, 2.05) is 42.2 Å². The highest BCUT2D eigenvalue weighted by Crippen LogP contribution is 2.24. The normalized spacial score (nSPS) is 18.1. The average molecular weight is 492 g/mol. The van der Waals surface area contributed by atoms with Gasteiger partial charge < -0.3 is 10.2 Å². The topological polar surface area (TPSA) is 68.8 Å². The molecule has 0 aliphatic carbocycles. The van der Waals surface area contributed by atoms with E-state index < -0.39 is 0 Å². The van der Waals surface area contributed by atoms with Gasteiger partial charge in [-0.1, -0.05) is 24.3 Å². The quantitative estimate of drug-likeness (QED) is 0.548. The summed E-state index contributed by atoms with van der Waals surface area (Å²) in [6.45, 7) is 7.48. The minimum Gasteiger partial charge on any atom is -0.342 e. The van der Waals surface area contributed by atoms with E-state index in [2.05, 4.69) is 33.3 Å². The van der Waals surface area contributed by atoms with Gasteiger partial charge in [0.2, 0.25) is 11.8 Å². The Hall–Kier alpha value is -2.81. The van der Waals surface area contributed by atoms with Crippen LogP contribution in [-0.2, 0) is 16.0 Å². The van der Waals surface area contributed by atoms with Crippen molar-refractivity contribution in [3.63, 3.8) is 0 Å². The molecule has 1 atom stereocenters. The zero-order valence-corrected chi connectivity index (χ0v) is 21.1. The Morgan fingerprint density at radius 3 is 2.40 bits per heavy atom. The monoisotopic (exact) mass is 491 g/mol. The Bertz CT molecular complexity index is 1130. The second-order valence-corrected chi connectivity index (χ2v) is 10.6. The number of para-hydroxylation sites is 1. The highest BCUT2D eigenvalue weighted by Gasteiger charge is 2.27. The van der Waals surface area contributed by atoms with Crippen LogP contribution >= 0.6 is 11.3 Å². The molecule has 1 aromatic heterocycles. The summed E-state index contributed by atoms with van der Waals surface area (Å²) in [4.78, 5) is 36.4. The van der Waals surface area contributed by atoms with Gasteiger partial charge in [0.1, 0.15) is 0 Å². The first-order chi connectivity index (χ1) is 17.0. The Balaban J connectivity index is 1.09. The number of nitrogens with zero attached hydrogens (tertiary/aromatic N) is 4. The molecular formula is C27H33N5O2S. The van der Waals surface area contributed by atoms with Crippen LogP contribution in [0, 0.1) is 0 Å². The van der Waals surface area contributed by atoms with Crippen LogP contribution in [-0.4, -0.2) is 83.4 Å². The van der Waals surface area contributed by atoms with Crippen molar-refractivity contribution in [1.29, 1.82) is 0 Å². The fraction of sp³-hybridized carbons (Fsp3) is 0.444. The van der Waals surface area contributed by atoms with Crippen LogP contribution in [0.1, 0.15) is 30.3 Å². The van der Waals surface area contributed by atoms with Gasteiger partial charge in [0.15, 0.2) is 0 Å². The molecule has 0 saturated carbocycles. The summed E-state index contributed by atoms with van der Waals surface area (Å²) < 4.78 is 1.21. The molecule has 3 aromatic rings. The van der Waals surface area contributed by atoms with Crippen molar-refractivity contribution in [3.05, 3.63) is 59.1 Å². The number of hydrogen-bond acceptors (Lipinski definition) is 6. The van der Waals surface area contributed by atoms with E-state index in [0.29, 0.717) is 6.54 Å². The van der Waals surface area contributed by atoms with Crippen LogP contribution in [0.5, 0.6) is 0 Å². The third-order valence-corrected chi connectivity index (χ3v) is 8.10. The lowest BCUT2D eigenvalue weighted by Gasteiger charge is -2.37. The van der Waals surface area contributed by atoms with Crippen molar-refractivity contribution < 1.29 is 9.59 Å². The fourth-order valence-electron chi connectivity index (χ4n) is 4.86. The van der Waals surface area contributed by atoms with Crippen molar-refractivity contribution in [2.45, 2.75) is 32.2 Å². The number of carbonyl (C=O) groups is 2. The first-order valence-electron chi connectivity index (χ1n) is 12.5. The molecular weight excluding hydrogens is 458 g/mol. The maximum atomic E-state index is 12.9. The predicted octanol–water partition coefficient (Wildman–Crippen LogP) is 3.45. The van der Waals surface area contributed by atoms with Gasteiger partial charge in [-0.15, -0.1) is 11.3 Å². The van der Waals surface area contributed by atoms with Crippen LogP contribution in [0.3, 0.4) is 0 Å². The molecule has 0 spiro atoms. The van der Waals surface area contributed by atoms with Crippen LogP contribution < -0.4 is 5.32 Å². The Labute approximate surface area is 210 Å². The van der Waals surface area contributed by atoms with Crippen LogP contribution in [0.2, 0.25) is 0 Å². The first kappa shape index (κ1) is 23.9. The molecule has 0 bridgehead atoms. The number of piperazine rings is 1. The molecule has 2 amide bonds. The van der Waals surface area contributed by atoms with Crippen molar-refractivity contribution in [2.24, 2.45) is 0 Å². The lowest BCUT2D eigenvalue weighted by Crippen LogP contribution is -2.54. The number of hydrogen-bond donors (Lipinski definition) is 1. The van der Waals surface area contributed by atoms with Gasteiger partial charge in [-0.3, -0.25) is 19.4 Å². The second kappa shape index (κ2) is 10.8. The smallest absolute Gasteiger partial charge is 0.241 e. The number of aromatic nitrogens is 1. The summed E-state index contributed by atoms with van der Waals surface area (Å²) in [7, 11) is 0. The number of thiazole rings is 1. The van der Waals surface area contributed by atoms with Crippen molar-refractivity contribution in [1.82, 2.24) is 19.7 Å².